The van der Waals surface area contributed by atoms with Crippen molar-refractivity contribution in [2.24, 2.45) is 0 Å². The number of hydrogen-bond donors (Lipinski definition) is 2. The molecule has 16 heavy (non-hydrogen) atoms. The Labute approximate surface area is 96.5 Å². The van der Waals surface area contributed by atoms with E-state index in [2.05, 4.69) is 19.2 Å². The molecule has 0 saturated carbocycles. The van der Waals surface area contributed by atoms with Crippen molar-refractivity contribution in [3.63, 3.8) is 0 Å². The zero-order valence-corrected chi connectivity index (χ0v) is 9.86. The highest BCUT2D eigenvalue weighted by Gasteiger charge is 2.05. The van der Waals surface area contributed by atoms with Crippen LogP contribution in [0.25, 0.3) is 0 Å². The third kappa shape index (κ3) is 4.45. The highest BCUT2D eigenvalue weighted by molar-refractivity contribution is 5.82. The Morgan fingerprint density at radius 1 is 1.50 bits per heavy atom. The van der Waals surface area contributed by atoms with Gasteiger partial charge in [0.15, 0.2) is 5.78 Å². The largest absolute Gasteiger partial charge is 0.508 e. The third-order valence-electron chi connectivity index (χ3n) is 2.57. The van der Waals surface area contributed by atoms with E-state index in [0.717, 1.165) is 12.0 Å². The van der Waals surface area contributed by atoms with Gasteiger partial charge in [0.05, 0.1) is 6.54 Å². The van der Waals surface area contributed by atoms with Gasteiger partial charge >= 0.3 is 0 Å². The minimum absolute atomic E-state index is 0.144. The first-order valence-electron chi connectivity index (χ1n) is 5.64. The van der Waals surface area contributed by atoms with E-state index >= 15 is 0 Å². The summed E-state index contributed by atoms with van der Waals surface area (Å²) in [5, 5.41) is 12.4. The first-order valence-corrected chi connectivity index (χ1v) is 5.64. The van der Waals surface area contributed by atoms with Crippen LogP contribution in [0.3, 0.4) is 0 Å². The van der Waals surface area contributed by atoms with Crippen LogP contribution >= 0.6 is 0 Å². The maximum atomic E-state index is 11.6. The van der Waals surface area contributed by atoms with E-state index in [1.807, 2.05) is 6.07 Å². The Hall–Kier alpha value is -1.35. The van der Waals surface area contributed by atoms with E-state index in [0.29, 0.717) is 19.0 Å². The predicted molar refractivity (Wildman–Crippen MR) is 64.6 cm³/mol. The number of phenols is 1. The predicted octanol–water partition coefficient (Wildman–Crippen LogP) is 1.89. The molecular formula is C13H19NO2. The van der Waals surface area contributed by atoms with Crippen molar-refractivity contribution in [3.8, 4) is 5.75 Å². The van der Waals surface area contributed by atoms with Crippen molar-refractivity contribution in [3.05, 3.63) is 29.8 Å². The average molecular weight is 221 g/mol. The summed E-state index contributed by atoms with van der Waals surface area (Å²) in [5.41, 5.74) is 0.857. The van der Waals surface area contributed by atoms with Gasteiger partial charge in [0, 0.05) is 12.5 Å². The maximum Gasteiger partial charge on any atom is 0.150 e. The van der Waals surface area contributed by atoms with Crippen LogP contribution in [-0.4, -0.2) is 23.5 Å². The molecule has 1 atom stereocenters. The van der Waals surface area contributed by atoms with Gasteiger partial charge in [-0.1, -0.05) is 19.1 Å². The molecule has 0 saturated heterocycles. The molecule has 0 spiro atoms. The summed E-state index contributed by atoms with van der Waals surface area (Å²) >= 11 is 0. The monoisotopic (exact) mass is 221 g/mol. The number of phenolic OH excluding ortho intramolecular Hbond substituents is 1. The molecule has 0 heterocycles. The van der Waals surface area contributed by atoms with E-state index in [9.17, 15) is 9.90 Å². The van der Waals surface area contributed by atoms with Crippen LogP contribution in [-0.2, 0) is 11.2 Å². The molecular weight excluding hydrogens is 202 g/mol. The fourth-order valence-corrected chi connectivity index (χ4v) is 1.39. The summed E-state index contributed by atoms with van der Waals surface area (Å²) in [6, 6.07) is 7.20. The lowest BCUT2D eigenvalue weighted by Gasteiger charge is -2.10. The lowest BCUT2D eigenvalue weighted by Crippen LogP contribution is -2.31. The van der Waals surface area contributed by atoms with Gasteiger partial charge in [-0.05, 0) is 31.0 Å². The van der Waals surface area contributed by atoms with E-state index < -0.39 is 0 Å². The number of carbonyl (C=O) groups excluding carboxylic acids is 1. The molecule has 88 valence electrons. The van der Waals surface area contributed by atoms with Gasteiger partial charge in [0.1, 0.15) is 5.75 Å². The van der Waals surface area contributed by atoms with E-state index in [1.165, 1.54) is 0 Å². The standard InChI is InChI=1S/C13H19NO2/c1-3-10(2)14-9-13(16)8-11-5-4-6-12(15)7-11/h4-7,10,14-15H,3,8-9H2,1-2H3. The van der Waals surface area contributed by atoms with Crippen molar-refractivity contribution in [1.82, 2.24) is 5.32 Å². The van der Waals surface area contributed by atoms with E-state index in [1.54, 1.807) is 18.2 Å². The zero-order chi connectivity index (χ0) is 12.0. The summed E-state index contributed by atoms with van der Waals surface area (Å²) in [6.07, 6.45) is 1.39. The zero-order valence-electron chi connectivity index (χ0n) is 9.86. The minimum atomic E-state index is 0.144. The molecule has 1 aromatic rings. The maximum absolute atomic E-state index is 11.6. The Kier molecular flexibility index (Phi) is 4.99. The van der Waals surface area contributed by atoms with Crippen LogP contribution in [0.1, 0.15) is 25.8 Å². The van der Waals surface area contributed by atoms with Crippen LogP contribution in [0.5, 0.6) is 5.75 Å². The normalized spacial score (nSPS) is 12.4. The Balaban J connectivity index is 2.40. The second kappa shape index (κ2) is 6.28. The lowest BCUT2D eigenvalue weighted by molar-refractivity contribution is -0.117. The quantitative estimate of drug-likeness (QED) is 0.771. The van der Waals surface area contributed by atoms with E-state index in [4.69, 9.17) is 0 Å². The van der Waals surface area contributed by atoms with Crippen LogP contribution in [0.4, 0.5) is 0 Å². The molecule has 0 aliphatic rings. The Morgan fingerprint density at radius 3 is 2.88 bits per heavy atom. The first-order chi connectivity index (χ1) is 7.61. The number of rotatable bonds is 6. The summed E-state index contributed by atoms with van der Waals surface area (Å²) in [7, 11) is 0. The molecule has 3 heteroatoms. The number of hydrogen-bond acceptors (Lipinski definition) is 3. The lowest BCUT2D eigenvalue weighted by atomic mass is 10.1. The third-order valence-corrected chi connectivity index (χ3v) is 2.57. The number of aromatic hydroxyl groups is 1. The topological polar surface area (TPSA) is 49.3 Å². The molecule has 1 rings (SSSR count). The summed E-state index contributed by atoms with van der Waals surface area (Å²) in [4.78, 5) is 11.6. The van der Waals surface area contributed by atoms with Crippen molar-refractivity contribution in [2.75, 3.05) is 6.54 Å². The summed E-state index contributed by atoms with van der Waals surface area (Å²) in [6.45, 7) is 4.53. The van der Waals surface area contributed by atoms with Crippen LogP contribution in [0.15, 0.2) is 24.3 Å². The molecule has 0 fully saturated rings. The van der Waals surface area contributed by atoms with Crippen LogP contribution in [0, 0.1) is 0 Å². The molecule has 0 aromatic heterocycles. The number of ketones is 1. The van der Waals surface area contributed by atoms with Crippen LogP contribution in [0.2, 0.25) is 0 Å². The van der Waals surface area contributed by atoms with Gasteiger partial charge in [-0.15, -0.1) is 0 Å². The second-order valence-corrected chi connectivity index (χ2v) is 4.08. The van der Waals surface area contributed by atoms with E-state index in [-0.39, 0.29) is 11.5 Å². The highest BCUT2D eigenvalue weighted by atomic mass is 16.3. The van der Waals surface area contributed by atoms with Gasteiger partial charge < -0.3 is 10.4 Å². The molecule has 1 aromatic carbocycles. The first kappa shape index (κ1) is 12.7. The van der Waals surface area contributed by atoms with Gasteiger partial charge in [0.25, 0.3) is 0 Å². The fourth-order valence-electron chi connectivity index (χ4n) is 1.39. The van der Waals surface area contributed by atoms with Gasteiger partial charge in [-0.2, -0.15) is 0 Å². The molecule has 2 N–H and O–H groups in total. The number of carbonyl (C=O) groups is 1. The number of nitrogens with one attached hydrogen (secondary N) is 1. The molecule has 0 bridgehead atoms. The molecule has 3 nitrogen and oxygen atoms in total. The van der Waals surface area contributed by atoms with Gasteiger partial charge in [0.2, 0.25) is 0 Å². The van der Waals surface area contributed by atoms with Gasteiger partial charge in [-0.3, -0.25) is 4.79 Å². The molecule has 0 aliphatic carbocycles. The van der Waals surface area contributed by atoms with Crippen LogP contribution < -0.4 is 5.32 Å². The highest BCUT2D eigenvalue weighted by Crippen LogP contribution is 2.11. The number of Topliss-reactive ketones (excluding diaryl/α,β-unsaturated/α-hetero) is 1. The van der Waals surface area contributed by atoms with Gasteiger partial charge in [-0.25, -0.2) is 0 Å². The molecule has 0 radical (unpaired) electrons. The Morgan fingerprint density at radius 2 is 2.25 bits per heavy atom. The SMILES string of the molecule is CCC(C)NCC(=O)Cc1cccc(O)c1. The average Bonchev–Trinajstić information content (AvgIpc) is 2.26. The van der Waals surface area contributed by atoms with Crippen molar-refractivity contribution < 1.29 is 9.90 Å². The molecule has 0 aliphatic heterocycles. The van der Waals surface area contributed by atoms with Crippen molar-refractivity contribution >= 4 is 5.78 Å². The summed E-state index contributed by atoms with van der Waals surface area (Å²) in [5.74, 6) is 0.353. The summed E-state index contributed by atoms with van der Waals surface area (Å²) < 4.78 is 0. The second-order valence-electron chi connectivity index (χ2n) is 4.08. The smallest absolute Gasteiger partial charge is 0.150 e. The molecule has 0 amide bonds. The number of benzene rings is 1. The molecule has 1 unspecified atom stereocenters. The fraction of sp³-hybridized carbons (Fsp3) is 0.462. The minimum Gasteiger partial charge on any atom is -0.508 e. The van der Waals surface area contributed by atoms with Crippen molar-refractivity contribution in [1.29, 1.82) is 0 Å². The Bertz CT molecular complexity index is 350. The van der Waals surface area contributed by atoms with Crippen molar-refractivity contribution in [2.45, 2.75) is 32.7 Å².